The summed E-state index contributed by atoms with van der Waals surface area (Å²) in [4.78, 5) is 39.6. The molecule has 10 heteroatoms. The Morgan fingerprint density at radius 2 is 2.03 bits per heavy atom. The summed E-state index contributed by atoms with van der Waals surface area (Å²) in [5, 5.41) is 11.1. The summed E-state index contributed by atoms with van der Waals surface area (Å²) in [6, 6.07) is 10.8. The number of nitro benzene ring substituents is 1. The van der Waals surface area contributed by atoms with Crippen LogP contribution in [0.15, 0.2) is 47.5 Å². The predicted octanol–water partition coefficient (Wildman–Crippen LogP) is 2.92. The Bertz CT molecular complexity index is 1160. The van der Waals surface area contributed by atoms with Crippen LogP contribution in [0.1, 0.15) is 17.3 Å². The molecule has 0 atom stereocenters. The number of hydrogen-bond donors (Lipinski definition) is 0. The van der Waals surface area contributed by atoms with Crippen LogP contribution in [0.2, 0.25) is 0 Å². The maximum absolute atomic E-state index is 12.6. The van der Waals surface area contributed by atoms with Gasteiger partial charge in [-0.3, -0.25) is 19.7 Å². The molecule has 29 heavy (non-hydrogen) atoms. The van der Waals surface area contributed by atoms with Gasteiger partial charge < -0.3 is 14.0 Å². The Kier molecular flexibility index (Phi) is 6.03. The number of nitrogens with zero attached hydrogens (tertiary/aromatic N) is 3. The van der Waals surface area contributed by atoms with Crippen molar-refractivity contribution >= 4 is 39.1 Å². The summed E-state index contributed by atoms with van der Waals surface area (Å²) in [6.45, 7) is 1.73. The fraction of sp³-hybridized carbons (Fsp3) is 0.211. The normalized spacial score (nSPS) is 11.4. The van der Waals surface area contributed by atoms with Crippen molar-refractivity contribution < 1.29 is 24.0 Å². The molecule has 2 aromatic carbocycles. The molecule has 0 N–H and O–H groups in total. The molecule has 0 bridgehead atoms. The highest BCUT2D eigenvalue weighted by Crippen LogP contribution is 2.23. The van der Waals surface area contributed by atoms with E-state index in [0.717, 1.165) is 11.3 Å². The molecule has 3 aromatic rings. The molecule has 9 nitrogen and oxygen atoms in total. The Hall–Kier alpha value is -3.53. The minimum absolute atomic E-state index is 0.0901. The van der Waals surface area contributed by atoms with Gasteiger partial charge in [-0.05, 0) is 31.2 Å². The maximum Gasteiger partial charge on any atom is 0.326 e. The molecule has 0 unspecified atom stereocenters. The number of rotatable bonds is 6. The first-order chi connectivity index (χ1) is 13.9. The number of amides is 1. The average Bonchev–Trinajstić information content (AvgIpc) is 3.04. The van der Waals surface area contributed by atoms with E-state index >= 15 is 0 Å². The number of thiazole rings is 1. The van der Waals surface area contributed by atoms with E-state index in [1.165, 1.54) is 29.9 Å². The third-order valence-electron chi connectivity index (χ3n) is 3.98. The molecule has 0 saturated heterocycles. The van der Waals surface area contributed by atoms with E-state index in [-0.39, 0.29) is 23.6 Å². The number of nitro groups is 1. The van der Waals surface area contributed by atoms with Crippen molar-refractivity contribution in [1.29, 1.82) is 0 Å². The van der Waals surface area contributed by atoms with Crippen LogP contribution >= 0.6 is 11.3 Å². The third-order valence-corrected chi connectivity index (χ3v) is 5.02. The van der Waals surface area contributed by atoms with Gasteiger partial charge in [-0.15, -0.1) is 0 Å². The van der Waals surface area contributed by atoms with Crippen LogP contribution in [0.25, 0.3) is 10.2 Å². The number of aromatic nitrogens is 1. The fourth-order valence-electron chi connectivity index (χ4n) is 2.66. The van der Waals surface area contributed by atoms with Crippen LogP contribution in [0.4, 0.5) is 5.69 Å². The molecule has 1 amide bonds. The van der Waals surface area contributed by atoms with E-state index < -0.39 is 16.8 Å². The minimum Gasteiger partial charge on any atom is -0.497 e. The number of non-ortho nitro benzene ring substituents is 1. The molecule has 1 heterocycles. The summed E-state index contributed by atoms with van der Waals surface area (Å²) in [5.74, 6) is -0.513. The largest absolute Gasteiger partial charge is 0.497 e. The molecular weight excluding hydrogens is 398 g/mol. The molecule has 0 spiro atoms. The summed E-state index contributed by atoms with van der Waals surface area (Å²) in [6.07, 6.45) is 0. The van der Waals surface area contributed by atoms with Gasteiger partial charge in [-0.2, -0.15) is 4.99 Å². The molecule has 0 saturated carbocycles. The third kappa shape index (κ3) is 4.49. The Morgan fingerprint density at radius 1 is 1.24 bits per heavy atom. The van der Waals surface area contributed by atoms with Crippen LogP contribution in [-0.4, -0.2) is 35.1 Å². The van der Waals surface area contributed by atoms with Crippen molar-refractivity contribution in [3.8, 4) is 5.75 Å². The van der Waals surface area contributed by atoms with E-state index in [2.05, 4.69) is 4.99 Å². The van der Waals surface area contributed by atoms with Gasteiger partial charge in [-0.25, -0.2) is 0 Å². The molecule has 150 valence electrons. The molecule has 0 radical (unpaired) electrons. The zero-order chi connectivity index (χ0) is 21.0. The van der Waals surface area contributed by atoms with Crippen molar-refractivity contribution in [2.24, 2.45) is 4.99 Å². The number of ether oxygens (including phenoxy) is 2. The van der Waals surface area contributed by atoms with Crippen molar-refractivity contribution in [3.05, 3.63) is 62.9 Å². The quantitative estimate of drug-likeness (QED) is 0.347. The number of esters is 1. The lowest BCUT2D eigenvalue weighted by Gasteiger charge is -2.05. The van der Waals surface area contributed by atoms with Crippen molar-refractivity contribution in [3.63, 3.8) is 0 Å². The van der Waals surface area contributed by atoms with Crippen molar-refractivity contribution in [2.75, 3.05) is 13.7 Å². The number of methoxy groups -OCH3 is 1. The molecule has 1 aromatic heterocycles. The van der Waals surface area contributed by atoms with Gasteiger partial charge in [-0.1, -0.05) is 17.4 Å². The molecule has 3 rings (SSSR count). The standard InChI is InChI=1S/C19H17N3O6S/c1-3-28-17(23)11-21-15-8-7-13(22(25)26)10-16(15)29-19(21)20-18(24)12-5-4-6-14(9-12)27-2/h4-10H,3,11H2,1-2H3. The van der Waals surface area contributed by atoms with E-state index in [9.17, 15) is 19.7 Å². The van der Waals surface area contributed by atoms with E-state index in [1.807, 2.05) is 0 Å². The summed E-state index contributed by atoms with van der Waals surface area (Å²) < 4.78 is 12.2. The van der Waals surface area contributed by atoms with Gasteiger partial charge >= 0.3 is 5.97 Å². The number of carbonyl (C=O) groups is 2. The second-order valence-electron chi connectivity index (χ2n) is 5.83. The predicted molar refractivity (Wildman–Crippen MR) is 106 cm³/mol. The van der Waals surface area contributed by atoms with Crippen LogP contribution in [-0.2, 0) is 16.1 Å². The van der Waals surface area contributed by atoms with Gasteiger partial charge in [0.25, 0.3) is 11.6 Å². The minimum atomic E-state index is -0.525. The number of hydrogen-bond acceptors (Lipinski definition) is 7. The summed E-state index contributed by atoms with van der Waals surface area (Å²) >= 11 is 1.08. The highest BCUT2D eigenvalue weighted by atomic mass is 32.1. The average molecular weight is 415 g/mol. The van der Waals surface area contributed by atoms with Crippen molar-refractivity contribution in [1.82, 2.24) is 4.57 Å². The molecular formula is C19H17N3O6S. The molecule has 0 fully saturated rings. The first-order valence-electron chi connectivity index (χ1n) is 8.59. The van der Waals surface area contributed by atoms with Crippen LogP contribution in [0, 0.1) is 10.1 Å². The lowest BCUT2D eigenvalue weighted by molar-refractivity contribution is -0.384. The maximum atomic E-state index is 12.6. The highest BCUT2D eigenvalue weighted by molar-refractivity contribution is 7.16. The van der Waals surface area contributed by atoms with Gasteiger partial charge in [0.2, 0.25) is 0 Å². The van der Waals surface area contributed by atoms with Crippen LogP contribution in [0.3, 0.4) is 0 Å². The number of fused-ring (bicyclic) bond motifs is 1. The lowest BCUT2D eigenvalue weighted by atomic mass is 10.2. The Balaban J connectivity index is 2.12. The first kappa shape index (κ1) is 20.2. The second kappa shape index (κ2) is 8.65. The monoisotopic (exact) mass is 415 g/mol. The van der Waals surface area contributed by atoms with Gasteiger partial charge in [0, 0.05) is 17.7 Å². The zero-order valence-corrected chi connectivity index (χ0v) is 16.5. The molecule has 0 aliphatic rings. The first-order valence-corrected chi connectivity index (χ1v) is 9.41. The lowest BCUT2D eigenvalue weighted by Crippen LogP contribution is -2.23. The topological polar surface area (TPSA) is 113 Å². The highest BCUT2D eigenvalue weighted by Gasteiger charge is 2.16. The smallest absolute Gasteiger partial charge is 0.326 e. The van der Waals surface area contributed by atoms with E-state index in [1.54, 1.807) is 31.2 Å². The SMILES string of the molecule is CCOC(=O)Cn1c(=NC(=O)c2cccc(OC)c2)sc2cc([N+](=O)[O-])ccc21. The summed E-state index contributed by atoms with van der Waals surface area (Å²) in [7, 11) is 1.49. The summed E-state index contributed by atoms with van der Waals surface area (Å²) in [5.41, 5.74) is 0.772. The fourth-order valence-corrected chi connectivity index (χ4v) is 3.72. The second-order valence-corrected chi connectivity index (χ2v) is 6.84. The molecule has 0 aliphatic carbocycles. The van der Waals surface area contributed by atoms with E-state index in [0.29, 0.717) is 21.5 Å². The zero-order valence-electron chi connectivity index (χ0n) is 15.7. The van der Waals surface area contributed by atoms with Crippen LogP contribution < -0.4 is 9.54 Å². The Morgan fingerprint density at radius 3 is 2.72 bits per heavy atom. The van der Waals surface area contributed by atoms with Crippen LogP contribution in [0.5, 0.6) is 5.75 Å². The van der Waals surface area contributed by atoms with Gasteiger partial charge in [0.1, 0.15) is 12.3 Å². The van der Waals surface area contributed by atoms with Gasteiger partial charge in [0.15, 0.2) is 4.80 Å². The Labute approximate surface area is 169 Å². The molecule has 0 aliphatic heterocycles. The van der Waals surface area contributed by atoms with Crippen molar-refractivity contribution in [2.45, 2.75) is 13.5 Å². The number of benzene rings is 2. The van der Waals surface area contributed by atoms with E-state index in [4.69, 9.17) is 9.47 Å². The number of carbonyl (C=O) groups excluding carboxylic acids is 2. The van der Waals surface area contributed by atoms with Gasteiger partial charge in [0.05, 0.1) is 28.9 Å².